The molecule has 0 aromatic heterocycles. The third-order valence-corrected chi connectivity index (χ3v) is 6.12. The lowest BCUT2D eigenvalue weighted by Crippen LogP contribution is -2.41. The monoisotopic (exact) mass is 312 g/mol. The Morgan fingerprint density at radius 2 is 1.86 bits per heavy atom. The predicted octanol–water partition coefficient (Wildman–Crippen LogP) is 3.29. The summed E-state index contributed by atoms with van der Waals surface area (Å²) < 4.78 is 0. The van der Waals surface area contributed by atoms with Crippen LogP contribution in [0.5, 0.6) is 0 Å². The molecule has 2 rings (SSSR count). The van der Waals surface area contributed by atoms with E-state index in [9.17, 15) is 4.79 Å². The quantitative estimate of drug-likeness (QED) is 0.783. The smallest absolute Gasteiger partial charge is 0.232 e. The van der Waals surface area contributed by atoms with Gasteiger partial charge in [-0.1, -0.05) is 26.7 Å². The Hall–Kier alpha value is -0.220. The van der Waals surface area contributed by atoms with Gasteiger partial charge in [-0.15, -0.1) is 11.8 Å². The number of amides is 1. The van der Waals surface area contributed by atoms with Gasteiger partial charge in [0.05, 0.1) is 5.75 Å². The van der Waals surface area contributed by atoms with Crippen LogP contribution in [0.15, 0.2) is 0 Å². The summed E-state index contributed by atoms with van der Waals surface area (Å²) in [7, 11) is 0. The Morgan fingerprint density at radius 1 is 1.19 bits per heavy atom. The van der Waals surface area contributed by atoms with Crippen molar-refractivity contribution in [1.29, 1.82) is 0 Å². The molecule has 0 aromatic carbocycles. The average molecular weight is 313 g/mol. The zero-order chi connectivity index (χ0) is 15.1. The number of rotatable bonds is 7. The molecule has 122 valence electrons. The van der Waals surface area contributed by atoms with Crippen LogP contribution in [0.2, 0.25) is 0 Å². The summed E-state index contributed by atoms with van der Waals surface area (Å²) in [5.74, 6) is 1.77. The van der Waals surface area contributed by atoms with Crippen LogP contribution in [-0.4, -0.2) is 47.5 Å². The number of carbonyl (C=O) groups excluding carboxylic acids is 1. The van der Waals surface area contributed by atoms with Gasteiger partial charge in [0.2, 0.25) is 5.91 Å². The van der Waals surface area contributed by atoms with Crippen molar-refractivity contribution in [3.63, 3.8) is 0 Å². The Bertz CT molecular complexity index is 310. The summed E-state index contributed by atoms with van der Waals surface area (Å²) in [6.07, 6.45) is 8.62. The van der Waals surface area contributed by atoms with Gasteiger partial charge >= 0.3 is 0 Å². The SMILES string of the molecule is CC(C)CCN(C(=O)CSC1CCNCC1)C1CCCC1. The van der Waals surface area contributed by atoms with E-state index in [1.54, 1.807) is 0 Å². The zero-order valence-electron chi connectivity index (χ0n) is 13.8. The van der Waals surface area contributed by atoms with E-state index < -0.39 is 0 Å². The van der Waals surface area contributed by atoms with Gasteiger partial charge in [0.1, 0.15) is 0 Å². The van der Waals surface area contributed by atoms with Gasteiger partial charge < -0.3 is 10.2 Å². The van der Waals surface area contributed by atoms with Gasteiger partial charge in [0.15, 0.2) is 0 Å². The van der Waals surface area contributed by atoms with Gasteiger partial charge in [-0.25, -0.2) is 0 Å². The summed E-state index contributed by atoms with van der Waals surface area (Å²) in [6.45, 7) is 7.70. The number of piperidine rings is 1. The molecule has 1 aliphatic heterocycles. The number of hydrogen-bond donors (Lipinski definition) is 1. The Balaban J connectivity index is 1.80. The molecule has 1 saturated carbocycles. The molecular weight excluding hydrogens is 280 g/mol. The fourth-order valence-electron chi connectivity index (χ4n) is 3.36. The molecule has 1 heterocycles. The maximum absolute atomic E-state index is 12.7. The van der Waals surface area contributed by atoms with Crippen molar-refractivity contribution in [3.05, 3.63) is 0 Å². The first kappa shape index (κ1) is 17.1. The summed E-state index contributed by atoms with van der Waals surface area (Å²) in [5, 5.41) is 4.08. The summed E-state index contributed by atoms with van der Waals surface area (Å²) in [5.41, 5.74) is 0. The van der Waals surface area contributed by atoms with E-state index in [4.69, 9.17) is 0 Å². The second-order valence-electron chi connectivity index (χ2n) is 6.97. The molecule has 1 aliphatic carbocycles. The van der Waals surface area contributed by atoms with Crippen LogP contribution >= 0.6 is 11.8 Å². The molecule has 0 radical (unpaired) electrons. The highest BCUT2D eigenvalue weighted by molar-refractivity contribution is 8.00. The minimum absolute atomic E-state index is 0.395. The van der Waals surface area contributed by atoms with E-state index in [2.05, 4.69) is 24.1 Å². The van der Waals surface area contributed by atoms with Crippen molar-refractivity contribution in [3.8, 4) is 0 Å². The van der Waals surface area contributed by atoms with E-state index in [-0.39, 0.29) is 0 Å². The van der Waals surface area contributed by atoms with Crippen molar-refractivity contribution in [2.75, 3.05) is 25.4 Å². The fourth-order valence-corrected chi connectivity index (χ4v) is 4.47. The van der Waals surface area contributed by atoms with Gasteiger partial charge in [0.25, 0.3) is 0 Å². The molecule has 3 nitrogen and oxygen atoms in total. The first-order valence-corrected chi connectivity index (χ1v) is 9.83. The van der Waals surface area contributed by atoms with Crippen molar-refractivity contribution < 1.29 is 4.79 Å². The number of carbonyl (C=O) groups is 1. The van der Waals surface area contributed by atoms with Gasteiger partial charge in [0, 0.05) is 17.8 Å². The Morgan fingerprint density at radius 3 is 2.48 bits per heavy atom. The standard InChI is InChI=1S/C17H32N2OS/c1-14(2)9-12-19(15-5-3-4-6-15)17(20)13-21-16-7-10-18-11-8-16/h14-16,18H,3-13H2,1-2H3. The minimum Gasteiger partial charge on any atom is -0.339 e. The topological polar surface area (TPSA) is 32.3 Å². The van der Waals surface area contributed by atoms with Crippen LogP contribution in [0.1, 0.15) is 58.8 Å². The van der Waals surface area contributed by atoms with E-state index >= 15 is 0 Å². The molecule has 4 heteroatoms. The average Bonchev–Trinajstić information content (AvgIpc) is 3.00. The van der Waals surface area contributed by atoms with Crippen LogP contribution < -0.4 is 5.32 Å². The minimum atomic E-state index is 0.395. The summed E-state index contributed by atoms with van der Waals surface area (Å²) in [4.78, 5) is 14.9. The van der Waals surface area contributed by atoms with Crippen LogP contribution in [0.4, 0.5) is 0 Å². The molecule has 1 amide bonds. The second-order valence-corrected chi connectivity index (χ2v) is 8.26. The normalized spacial score (nSPS) is 21.1. The second kappa shape index (κ2) is 9.04. The molecule has 0 unspecified atom stereocenters. The molecule has 21 heavy (non-hydrogen) atoms. The molecule has 0 bridgehead atoms. The van der Waals surface area contributed by atoms with Crippen molar-refractivity contribution in [1.82, 2.24) is 10.2 Å². The van der Waals surface area contributed by atoms with E-state index in [0.717, 1.165) is 26.1 Å². The van der Waals surface area contributed by atoms with Gasteiger partial charge in [-0.05, 0) is 51.1 Å². The Kier molecular flexibility index (Phi) is 7.38. The first-order chi connectivity index (χ1) is 10.2. The van der Waals surface area contributed by atoms with Crippen molar-refractivity contribution in [2.45, 2.75) is 70.1 Å². The molecule has 2 aliphatic rings. The van der Waals surface area contributed by atoms with Crippen LogP contribution in [0.25, 0.3) is 0 Å². The number of hydrogen-bond acceptors (Lipinski definition) is 3. The van der Waals surface area contributed by atoms with Crippen LogP contribution in [-0.2, 0) is 4.79 Å². The third-order valence-electron chi connectivity index (χ3n) is 4.76. The first-order valence-electron chi connectivity index (χ1n) is 8.78. The highest BCUT2D eigenvalue weighted by Gasteiger charge is 2.27. The maximum atomic E-state index is 12.7. The van der Waals surface area contributed by atoms with E-state index in [1.807, 2.05) is 11.8 Å². The molecule has 1 saturated heterocycles. The summed E-state index contributed by atoms with van der Waals surface area (Å²) >= 11 is 1.90. The van der Waals surface area contributed by atoms with Crippen molar-refractivity contribution >= 4 is 17.7 Å². The van der Waals surface area contributed by atoms with Crippen LogP contribution in [0, 0.1) is 5.92 Å². The lowest BCUT2D eigenvalue weighted by Gasteiger charge is -2.30. The predicted molar refractivity (Wildman–Crippen MR) is 91.8 cm³/mol. The van der Waals surface area contributed by atoms with Crippen LogP contribution in [0.3, 0.4) is 0 Å². The van der Waals surface area contributed by atoms with E-state index in [1.165, 1.54) is 38.5 Å². The zero-order valence-corrected chi connectivity index (χ0v) is 14.6. The van der Waals surface area contributed by atoms with Gasteiger partial charge in [-0.3, -0.25) is 4.79 Å². The molecule has 1 N–H and O–H groups in total. The van der Waals surface area contributed by atoms with Gasteiger partial charge in [-0.2, -0.15) is 0 Å². The highest BCUT2D eigenvalue weighted by Crippen LogP contribution is 2.26. The lowest BCUT2D eigenvalue weighted by atomic mass is 10.1. The summed E-state index contributed by atoms with van der Waals surface area (Å²) in [6, 6.07) is 0.532. The molecular formula is C17H32N2OS. The lowest BCUT2D eigenvalue weighted by molar-refractivity contribution is -0.130. The Labute approximate surface area is 134 Å². The molecule has 0 spiro atoms. The van der Waals surface area contributed by atoms with E-state index in [0.29, 0.717) is 28.9 Å². The maximum Gasteiger partial charge on any atom is 0.232 e. The fraction of sp³-hybridized carbons (Fsp3) is 0.941. The molecule has 0 atom stereocenters. The highest BCUT2D eigenvalue weighted by atomic mass is 32.2. The largest absolute Gasteiger partial charge is 0.339 e. The molecule has 0 aromatic rings. The number of nitrogens with one attached hydrogen (secondary N) is 1. The molecule has 2 fully saturated rings. The van der Waals surface area contributed by atoms with Crippen molar-refractivity contribution in [2.24, 2.45) is 5.92 Å². The number of thioether (sulfide) groups is 1. The third kappa shape index (κ3) is 5.82. The number of nitrogens with zero attached hydrogens (tertiary/aromatic N) is 1.